The molecule has 0 atom stereocenters. The Morgan fingerprint density at radius 2 is 1.20 bits per heavy atom. The molecule has 0 aromatic rings. The number of hydrogen-bond donors (Lipinski definition) is 0. The molecule has 0 saturated carbocycles. The summed E-state index contributed by atoms with van der Waals surface area (Å²) in [5.74, 6) is 0. The number of carbonyl (C=O) groups is 2. The molecule has 88 valence electrons. The molecule has 15 heavy (non-hydrogen) atoms. The Hall–Kier alpha value is -1.46. The van der Waals surface area contributed by atoms with Crippen LogP contribution in [-0.2, 0) is 18.9 Å². The van der Waals surface area contributed by atoms with Gasteiger partial charge in [-0.05, 0) is 19.3 Å². The van der Waals surface area contributed by atoms with E-state index in [1.807, 2.05) is 0 Å². The van der Waals surface area contributed by atoms with Gasteiger partial charge < -0.3 is 18.9 Å². The van der Waals surface area contributed by atoms with Crippen molar-refractivity contribution >= 4 is 12.3 Å². The van der Waals surface area contributed by atoms with Crippen LogP contribution in [0.3, 0.4) is 0 Å². The third-order valence-corrected chi connectivity index (χ3v) is 1.56. The molecular formula is C9H16O6. The zero-order valence-corrected chi connectivity index (χ0v) is 8.99. The van der Waals surface area contributed by atoms with Gasteiger partial charge in [-0.25, -0.2) is 9.59 Å². The summed E-state index contributed by atoms with van der Waals surface area (Å²) in [6, 6.07) is 0. The molecular weight excluding hydrogens is 204 g/mol. The molecule has 0 aromatic heterocycles. The average molecular weight is 220 g/mol. The monoisotopic (exact) mass is 220 g/mol. The van der Waals surface area contributed by atoms with Crippen molar-refractivity contribution in [3.05, 3.63) is 0 Å². The van der Waals surface area contributed by atoms with Crippen molar-refractivity contribution in [1.82, 2.24) is 0 Å². The molecule has 0 aliphatic rings. The predicted octanol–water partition coefficient (Wildman–Crippen LogP) is 1.72. The molecule has 0 bridgehead atoms. The highest BCUT2D eigenvalue weighted by molar-refractivity contribution is 5.59. The van der Waals surface area contributed by atoms with Gasteiger partial charge in [-0.2, -0.15) is 0 Å². The minimum atomic E-state index is -0.680. The van der Waals surface area contributed by atoms with E-state index in [0.717, 1.165) is 6.42 Å². The van der Waals surface area contributed by atoms with E-state index in [1.54, 1.807) is 0 Å². The maximum absolute atomic E-state index is 10.5. The summed E-state index contributed by atoms with van der Waals surface area (Å²) in [5.41, 5.74) is 0. The number of unbranched alkanes of at least 4 members (excludes halogenated alkanes) is 2. The van der Waals surface area contributed by atoms with Crippen molar-refractivity contribution in [3.8, 4) is 0 Å². The Morgan fingerprint density at radius 1 is 0.800 bits per heavy atom. The first-order valence-electron chi connectivity index (χ1n) is 4.62. The summed E-state index contributed by atoms with van der Waals surface area (Å²) in [6.45, 7) is 0.621. The Balaban J connectivity index is 3.11. The quantitative estimate of drug-likeness (QED) is 0.501. The van der Waals surface area contributed by atoms with E-state index in [1.165, 1.54) is 14.2 Å². The van der Waals surface area contributed by atoms with Gasteiger partial charge in [0, 0.05) is 0 Å². The molecule has 0 heterocycles. The summed E-state index contributed by atoms with van der Waals surface area (Å²) < 4.78 is 17.8. The first-order chi connectivity index (χ1) is 7.20. The molecule has 0 fully saturated rings. The minimum absolute atomic E-state index is 0.310. The van der Waals surface area contributed by atoms with E-state index in [2.05, 4.69) is 18.9 Å². The highest BCUT2D eigenvalue weighted by Gasteiger charge is 2.01. The molecule has 6 heteroatoms. The lowest BCUT2D eigenvalue weighted by molar-refractivity contribution is 0.0666. The molecule has 0 aromatic carbocycles. The smallest absolute Gasteiger partial charge is 0.438 e. The van der Waals surface area contributed by atoms with Gasteiger partial charge in [0.05, 0.1) is 27.4 Å². The summed E-state index contributed by atoms with van der Waals surface area (Å²) in [6.07, 6.45) is 0.856. The number of methoxy groups -OCH3 is 2. The van der Waals surface area contributed by atoms with Crippen molar-refractivity contribution in [2.75, 3.05) is 27.4 Å². The predicted molar refractivity (Wildman–Crippen MR) is 50.6 cm³/mol. The Bertz CT molecular complexity index is 171. The second kappa shape index (κ2) is 9.11. The zero-order chi connectivity index (χ0) is 11.5. The largest absolute Gasteiger partial charge is 0.507 e. The van der Waals surface area contributed by atoms with E-state index >= 15 is 0 Å². The van der Waals surface area contributed by atoms with Crippen LogP contribution < -0.4 is 0 Å². The standard InChI is InChI=1S/C9H16O6/c1-12-8(10)14-6-4-3-5-7-15-9(11)13-2/h3-7H2,1-2H3. The van der Waals surface area contributed by atoms with Gasteiger partial charge in [0.15, 0.2) is 0 Å². The van der Waals surface area contributed by atoms with Crippen LogP contribution >= 0.6 is 0 Å². The first kappa shape index (κ1) is 13.5. The molecule has 0 aliphatic carbocycles. The van der Waals surface area contributed by atoms with E-state index in [9.17, 15) is 9.59 Å². The zero-order valence-electron chi connectivity index (χ0n) is 8.99. The lowest BCUT2D eigenvalue weighted by Crippen LogP contribution is -2.07. The summed E-state index contributed by atoms with van der Waals surface area (Å²) in [4.78, 5) is 21.0. The van der Waals surface area contributed by atoms with Crippen molar-refractivity contribution in [3.63, 3.8) is 0 Å². The maximum Gasteiger partial charge on any atom is 0.507 e. The fourth-order valence-electron chi connectivity index (χ4n) is 0.810. The van der Waals surface area contributed by atoms with Gasteiger partial charge in [-0.15, -0.1) is 0 Å². The third kappa shape index (κ3) is 8.86. The third-order valence-electron chi connectivity index (χ3n) is 1.56. The van der Waals surface area contributed by atoms with Crippen LogP contribution in [0, 0.1) is 0 Å². The molecule has 6 nitrogen and oxygen atoms in total. The van der Waals surface area contributed by atoms with Crippen LogP contribution in [0.5, 0.6) is 0 Å². The molecule has 0 rings (SSSR count). The van der Waals surface area contributed by atoms with Crippen LogP contribution in [0.25, 0.3) is 0 Å². The molecule has 0 amide bonds. The van der Waals surface area contributed by atoms with Gasteiger partial charge in [-0.1, -0.05) is 0 Å². The fraction of sp³-hybridized carbons (Fsp3) is 0.778. The topological polar surface area (TPSA) is 71.1 Å². The minimum Gasteiger partial charge on any atom is -0.438 e. The normalized spacial score (nSPS) is 9.20. The number of rotatable bonds is 6. The second-order valence-corrected chi connectivity index (χ2v) is 2.67. The molecule has 0 aliphatic heterocycles. The highest BCUT2D eigenvalue weighted by atomic mass is 16.7. The van der Waals surface area contributed by atoms with Gasteiger partial charge in [0.1, 0.15) is 0 Å². The lowest BCUT2D eigenvalue weighted by atomic mass is 10.2. The van der Waals surface area contributed by atoms with Crippen LogP contribution in [-0.4, -0.2) is 39.7 Å². The van der Waals surface area contributed by atoms with Gasteiger partial charge >= 0.3 is 12.3 Å². The summed E-state index contributed by atoms with van der Waals surface area (Å²) in [7, 11) is 2.51. The molecule has 0 radical (unpaired) electrons. The number of carbonyl (C=O) groups excluding carboxylic acids is 2. The van der Waals surface area contributed by atoms with Crippen LogP contribution in [0.2, 0.25) is 0 Å². The van der Waals surface area contributed by atoms with Gasteiger partial charge in [-0.3, -0.25) is 0 Å². The lowest BCUT2D eigenvalue weighted by Gasteiger charge is -2.03. The fourth-order valence-corrected chi connectivity index (χ4v) is 0.810. The Labute approximate surface area is 88.4 Å². The average Bonchev–Trinajstić information content (AvgIpc) is 2.26. The van der Waals surface area contributed by atoms with Crippen molar-refractivity contribution in [2.24, 2.45) is 0 Å². The number of ether oxygens (including phenoxy) is 4. The molecule has 0 spiro atoms. The van der Waals surface area contributed by atoms with Crippen LogP contribution in [0.15, 0.2) is 0 Å². The second-order valence-electron chi connectivity index (χ2n) is 2.67. The SMILES string of the molecule is COC(=O)OCCCCCOC(=O)OC. The Kier molecular flexibility index (Phi) is 8.22. The molecule has 0 saturated heterocycles. The van der Waals surface area contributed by atoms with Gasteiger partial charge in [0.25, 0.3) is 0 Å². The molecule has 0 N–H and O–H groups in total. The van der Waals surface area contributed by atoms with E-state index in [0.29, 0.717) is 26.1 Å². The van der Waals surface area contributed by atoms with E-state index in [4.69, 9.17) is 0 Å². The van der Waals surface area contributed by atoms with Crippen LogP contribution in [0.4, 0.5) is 9.59 Å². The summed E-state index contributed by atoms with van der Waals surface area (Å²) >= 11 is 0. The van der Waals surface area contributed by atoms with E-state index in [-0.39, 0.29) is 0 Å². The van der Waals surface area contributed by atoms with E-state index < -0.39 is 12.3 Å². The maximum atomic E-state index is 10.5. The van der Waals surface area contributed by atoms with Gasteiger partial charge in [0.2, 0.25) is 0 Å². The molecule has 0 unspecified atom stereocenters. The highest BCUT2D eigenvalue weighted by Crippen LogP contribution is 1.98. The number of hydrogen-bond acceptors (Lipinski definition) is 6. The van der Waals surface area contributed by atoms with Crippen molar-refractivity contribution < 1.29 is 28.5 Å². The van der Waals surface area contributed by atoms with Crippen LogP contribution in [0.1, 0.15) is 19.3 Å². The first-order valence-corrected chi connectivity index (χ1v) is 4.62. The Morgan fingerprint density at radius 3 is 1.53 bits per heavy atom. The summed E-state index contributed by atoms with van der Waals surface area (Å²) in [5, 5.41) is 0. The van der Waals surface area contributed by atoms with Crippen molar-refractivity contribution in [2.45, 2.75) is 19.3 Å². The van der Waals surface area contributed by atoms with Crippen molar-refractivity contribution in [1.29, 1.82) is 0 Å².